The molecule has 0 unspecified atom stereocenters. The molecule has 0 saturated carbocycles. The minimum Gasteiger partial charge on any atom is -0.368 e. The Bertz CT molecular complexity index is 672. The van der Waals surface area contributed by atoms with Crippen LogP contribution in [0.15, 0.2) is 18.2 Å². The molecule has 1 aromatic heterocycles. The van der Waals surface area contributed by atoms with E-state index < -0.39 is 0 Å². The third-order valence-electron chi connectivity index (χ3n) is 3.42. The molecule has 2 N–H and O–H groups in total. The highest BCUT2D eigenvalue weighted by Gasteiger charge is 2.19. The van der Waals surface area contributed by atoms with Crippen LogP contribution in [0, 0.1) is 19.3 Å². The molecule has 0 spiro atoms. The van der Waals surface area contributed by atoms with Gasteiger partial charge in [0, 0.05) is 11.1 Å². The second-order valence-corrected chi connectivity index (χ2v) is 7.05. The average molecular weight is 304 g/mol. The Hall–Kier alpha value is -1.61. The van der Waals surface area contributed by atoms with Gasteiger partial charge in [0.2, 0.25) is 5.95 Å². The predicted molar refractivity (Wildman–Crippen MR) is 89.5 cm³/mol. The van der Waals surface area contributed by atoms with Crippen molar-refractivity contribution in [2.45, 2.75) is 41.0 Å². The summed E-state index contributed by atoms with van der Waals surface area (Å²) in [7, 11) is 0. The van der Waals surface area contributed by atoms with Crippen LogP contribution in [0.4, 0.5) is 5.95 Å². The summed E-state index contributed by atoms with van der Waals surface area (Å²) in [6, 6.07) is 6.33. The molecule has 21 heavy (non-hydrogen) atoms. The molecule has 112 valence electrons. The van der Waals surface area contributed by atoms with Crippen molar-refractivity contribution in [1.82, 2.24) is 9.97 Å². The van der Waals surface area contributed by atoms with Crippen LogP contribution in [0.5, 0.6) is 0 Å². The summed E-state index contributed by atoms with van der Waals surface area (Å²) in [5, 5.41) is 0.419. The highest BCUT2D eigenvalue weighted by atomic mass is 35.5. The minimum atomic E-state index is 0.193. The van der Waals surface area contributed by atoms with Crippen LogP contribution in [0.25, 0.3) is 11.3 Å². The van der Waals surface area contributed by atoms with Crippen LogP contribution in [-0.4, -0.2) is 9.97 Å². The number of anilines is 1. The number of nitrogen functional groups attached to an aromatic ring is 1. The van der Waals surface area contributed by atoms with E-state index >= 15 is 0 Å². The fraction of sp³-hybridized carbons (Fsp3) is 0.412. The molecule has 3 nitrogen and oxygen atoms in total. The van der Waals surface area contributed by atoms with Crippen LogP contribution in [-0.2, 0) is 6.42 Å². The number of nitrogens with zero attached hydrogens (tertiary/aromatic N) is 2. The Morgan fingerprint density at radius 3 is 2.43 bits per heavy atom. The zero-order valence-electron chi connectivity index (χ0n) is 13.3. The first-order valence-electron chi connectivity index (χ1n) is 7.07. The standard InChI is InChI=1S/C17H22ClN3/c1-10-7-6-8-12(9-17(3,4)5)13(10)14-11(2)15(18)21-16(19)20-14/h6-8H,9H2,1-5H3,(H2,19,20,21). The lowest BCUT2D eigenvalue weighted by molar-refractivity contribution is 0.411. The number of hydrogen-bond donors (Lipinski definition) is 1. The molecule has 0 bridgehead atoms. The van der Waals surface area contributed by atoms with Crippen molar-refractivity contribution in [3.63, 3.8) is 0 Å². The van der Waals surface area contributed by atoms with E-state index in [4.69, 9.17) is 17.3 Å². The summed E-state index contributed by atoms with van der Waals surface area (Å²) in [4.78, 5) is 8.46. The van der Waals surface area contributed by atoms with Gasteiger partial charge in [-0.3, -0.25) is 0 Å². The summed E-state index contributed by atoms with van der Waals surface area (Å²) in [5.74, 6) is 0.213. The van der Waals surface area contributed by atoms with Gasteiger partial charge < -0.3 is 5.73 Å². The molecule has 0 fully saturated rings. The van der Waals surface area contributed by atoms with E-state index in [1.165, 1.54) is 11.1 Å². The fourth-order valence-electron chi connectivity index (χ4n) is 2.53. The summed E-state index contributed by atoms with van der Waals surface area (Å²) in [6.45, 7) is 10.7. The average Bonchev–Trinajstić information content (AvgIpc) is 2.32. The molecular formula is C17H22ClN3. The Balaban J connectivity index is 2.69. The fourth-order valence-corrected chi connectivity index (χ4v) is 2.71. The molecule has 0 aliphatic heterocycles. The van der Waals surface area contributed by atoms with Crippen molar-refractivity contribution in [2.75, 3.05) is 5.73 Å². The van der Waals surface area contributed by atoms with Gasteiger partial charge in [0.1, 0.15) is 5.15 Å². The monoisotopic (exact) mass is 303 g/mol. The van der Waals surface area contributed by atoms with E-state index in [0.29, 0.717) is 5.15 Å². The maximum absolute atomic E-state index is 6.18. The molecular weight excluding hydrogens is 282 g/mol. The van der Waals surface area contributed by atoms with Crippen LogP contribution in [0.3, 0.4) is 0 Å². The van der Waals surface area contributed by atoms with E-state index in [9.17, 15) is 0 Å². The first-order valence-corrected chi connectivity index (χ1v) is 7.45. The van der Waals surface area contributed by atoms with Crippen molar-refractivity contribution in [1.29, 1.82) is 0 Å². The van der Waals surface area contributed by atoms with E-state index in [2.05, 4.69) is 55.9 Å². The number of hydrogen-bond acceptors (Lipinski definition) is 3. The normalized spacial score (nSPS) is 11.7. The van der Waals surface area contributed by atoms with Crippen LogP contribution < -0.4 is 5.73 Å². The van der Waals surface area contributed by atoms with Crippen LogP contribution in [0.1, 0.15) is 37.5 Å². The van der Waals surface area contributed by atoms with Crippen molar-refractivity contribution in [3.8, 4) is 11.3 Å². The summed E-state index contributed by atoms with van der Waals surface area (Å²) >= 11 is 6.18. The number of aromatic nitrogens is 2. The number of rotatable bonds is 2. The second kappa shape index (κ2) is 5.64. The maximum atomic E-state index is 6.18. The molecule has 1 aromatic carbocycles. The van der Waals surface area contributed by atoms with Crippen molar-refractivity contribution in [2.24, 2.45) is 5.41 Å². The minimum absolute atomic E-state index is 0.193. The quantitative estimate of drug-likeness (QED) is 0.826. The third kappa shape index (κ3) is 3.53. The highest BCUT2D eigenvalue weighted by molar-refractivity contribution is 6.30. The van der Waals surface area contributed by atoms with Crippen LogP contribution >= 0.6 is 11.6 Å². The van der Waals surface area contributed by atoms with E-state index in [-0.39, 0.29) is 11.4 Å². The molecule has 2 rings (SSSR count). The lowest BCUT2D eigenvalue weighted by atomic mass is 9.84. The first kappa shape index (κ1) is 15.8. The Kier molecular flexibility index (Phi) is 4.24. The van der Waals surface area contributed by atoms with E-state index in [1.807, 2.05) is 6.92 Å². The topological polar surface area (TPSA) is 51.8 Å². The number of nitrogens with two attached hydrogens (primary N) is 1. The summed E-state index contributed by atoms with van der Waals surface area (Å²) in [5.41, 5.74) is 11.3. The number of benzene rings is 1. The second-order valence-electron chi connectivity index (χ2n) is 6.69. The SMILES string of the molecule is Cc1cccc(CC(C)(C)C)c1-c1nc(N)nc(Cl)c1C. The van der Waals surface area contributed by atoms with Crippen molar-refractivity contribution >= 4 is 17.5 Å². The predicted octanol–water partition coefficient (Wildman–Crippen LogP) is 4.58. The van der Waals surface area contributed by atoms with Gasteiger partial charge >= 0.3 is 0 Å². The lowest BCUT2D eigenvalue weighted by Gasteiger charge is -2.22. The van der Waals surface area contributed by atoms with Gasteiger partial charge in [-0.15, -0.1) is 0 Å². The molecule has 2 aromatic rings. The number of halogens is 1. The smallest absolute Gasteiger partial charge is 0.222 e. The van der Waals surface area contributed by atoms with Gasteiger partial charge in [-0.1, -0.05) is 50.6 Å². The van der Waals surface area contributed by atoms with Gasteiger partial charge in [0.15, 0.2) is 0 Å². The lowest BCUT2D eigenvalue weighted by Crippen LogP contribution is -2.11. The van der Waals surface area contributed by atoms with E-state index in [0.717, 1.165) is 23.2 Å². The van der Waals surface area contributed by atoms with Crippen molar-refractivity contribution in [3.05, 3.63) is 40.0 Å². The molecule has 1 heterocycles. The Morgan fingerprint density at radius 1 is 1.14 bits per heavy atom. The van der Waals surface area contributed by atoms with Gasteiger partial charge in [0.25, 0.3) is 0 Å². The third-order valence-corrected chi connectivity index (χ3v) is 3.79. The number of aryl methyl sites for hydroxylation is 1. The van der Waals surface area contributed by atoms with Crippen molar-refractivity contribution < 1.29 is 0 Å². The molecule has 0 amide bonds. The van der Waals surface area contributed by atoms with Gasteiger partial charge in [-0.2, -0.15) is 0 Å². The molecule has 0 aliphatic carbocycles. The molecule has 0 aliphatic rings. The Labute approximate surface area is 131 Å². The largest absolute Gasteiger partial charge is 0.368 e. The van der Waals surface area contributed by atoms with Gasteiger partial charge in [-0.05, 0) is 36.8 Å². The Morgan fingerprint density at radius 2 is 1.81 bits per heavy atom. The van der Waals surface area contributed by atoms with Crippen LogP contribution in [0.2, 0.25) is 5.15 Å². The summed E-state index contributed by atoms with van der Waals surface area (Å²) in [6.07, 6.45) is 0.963. The van der Waals surface area contributed by atoms with Gasteiger partial charge in [-0.25, -0.2) is 9.97 Å². The molecule has 4 heteroatoms. The maximum Gasteiger partial charge on any atom is 0.222 e. The molecule has 0 atom stereocenters. The first-order chi connectivity index (χ1) is 9.69. The van der Waals surface area contributed by atoms with Gasteiger partial charge in [0.05, 0.1) is 5.69 Å². The zero-order valence-corrected chi connectivity index (χ0v) is 14.0. The highest BCUT2D eigenvalue weighted by Crippen LogP contribution is 2.34. The summed E-state index contributed by atoms with van der Waals surface area (Å²) < 4.78 is 0. The van der Waals surface area contributed by atoms with E-state index in [1.54, 1.807) is 0 Å². The molecule has 0 saturated heterocycles. The zero-order chi connectivity index (χ0) is 15.8. The molecule has 0 radical (unpaired) electrons.